The molecule has 0 aliphatic rings. The van der Waals surface area contributed by atoms with E-state index in [0.29, 0.717) is 17.4 Å². The molecule has 134 valence electrons. The van der Waals surface area contributed by atoms with Crippen LogP contribution in [0.2, 0.25) is 0 Å². The Balaban J connectivity index is 1.62. The van der Waals surface area contributed by atoms with Gasteiger partial charge in [-0.15, -0.1) is 0 Å². The summed E-state index contributed by atoms with van der Waals surface area (Å²) in [5.41, 5.74) is 1.50. The van der Waals surface area contributed by atoms with E-state index >= 15 is 0 Å². The van der Waals surface area contributed by atoms with E-state index in [0.717, 1.165) is 11.3 Å². The molecule has 3 rings (SSSR count). The van der Waals surface area contributed by atoms with Gasteiger partial charge in [-0.25, -0.2) is 0 Å². The molecule has 0 saturated carbocycles. The van der Waals surface area contributed by atoms with Crippen LogP contribution in [-0.4, -0.2) is 16.0 Å². The summed E-state index contributed by atoms with van der Waals surface area (Å²) in [5, 5.41) is 6.73. The molecule has 0 unspecified atom stereocenters. The van der Waals surface area contributed by atoms with Crippen molar-refractivity contribution in [2.24, 2.45) is 0 Å². The van der Waals surface area contributed by atoms with Gasteiger partial charge in [0.1, 0.15) is 11.5 Å². The molecule has 1 N–H and O–H groups in total. The molecule has 0 spiro atoms. The Bertz CT molecular complexity index is 883. The average molecular weight is 351 g/mol. The first-order valence-corrected chi connectivity index (χ1v) is 8.34. The molecule has 0 aliphatic carbocycles. The van der Waals surface area contributed by atoms with E-state index in [2.05, 4.69) is 15.5 Å². The van der Waals surface area contributed by atoms with Crippen LogP contribution in [-0.2, 0) is 16.6 Å². The van der Waals surface area contributed by atoms with Gasteiger partial charge in [-0.05, 0) is 29.8 Å². The van der Waals surface area contributed by atoms with Gasteiger partial charge >= 0.3 is 0 Å². The second kappa shape index (κ2) is 7.39. The van der Waals surface area contributed by atoms with E-state index in [4.69, 9.17) is 9.26 Å². The lowest BCUT2D eigenvalue weighted by molar-refractivity contribution is -0.115. The molecule has 3 aromatic rings. The Kier molecular flexibility index (Phi) is 5.02. The lowest BCUT2D eigenvalue weighted by Gasteiger charge is -2.12. The second-order valence-corrected chi connectivity index (χ2v) is 6.98. The number of benzene rings is 1. The van der Waals surface area contributed by atoms with Crippen molar-refractivity contribution in [2.45, 2.75) is 32.6 Å². The van der Waals surface area contributed by atoms with Crippen molar-refractivity contribution in [1.82, 2.24) is 10.1 Å². The van der Waals surface area contributed by atoms with E-state index in [1.165, 1.54) is 0 Å². The zero-order valence-corrected chi connectivity index (χ0v) is 15.0. The number of carbonyl (C=O) groups excluding carboxylic acids is 1. The highest BCUT2D eigenvalue weighted by atomic mass is 16.5. The van der Waals surface area contributed by atoms with E-state index in [1.807, 2.05) is 45.0 Å². The number of amides is 1. The molecule has 0 atom stereocenters. The molecule has 0 fully saturated rings. The highest BCUT2D eigenvalue weighted by Crippen LogP contribution is 2.24. The Labute approximate surface area is 152 Å². The number of nitrogens with one attached hydrogen (secondary N) is 1. The van der Waals surface area contributed by atoms with Crippen molar-refractivity contribution in [3.05, 3.63) is 66.1 Å². The maximum absolute atomic E-state index is 12.3. The van der Waals surface area contributed by atoms with Crippen LogP contribution >= 0.6 is 0 Å². The van der Waals surface area contributed by atoms with E-state index in [9.17, 15) is 4.79 Å². The van der Waals surface area contributed by atoms with Crippen LogP contribution in [0, 0.1) is 0 Å². The number of pyridine rings is 1. The lowest BCUT2D eigenvalue weighted by Crippen LogP contribution is -2.14. The van der Waals surface area contributed by atoms with Gasteiger partial charge in [-0.1, -0.05) is 38.1 Å². The first-order chi connectivity index (χ1) is 12.4. The highest BCUT2D eigenvalue weighted by molar-refractivity contribution is 5.91. The van der Waals surface area contributed by atoms with E-state index < -0.39 is 0 Å². The third-order valence-corrected chi connectivity index (χ3v) is 3.69. The molecule has 6 nitrogen and oxygen atoms in total. The molecular weight excluding hydrogens is 330 g/mol. The highest BCUT2D eigenvalue weighted by Gasteiger charge is 2.19. The topological polar surface area (TPSA) is 77.2 Å². The smallest absolute Gasteiger partial charge is 0.231 e. The molecule has 6 heteroatoms. The van der Waals surface area contributed by atoms with Gasteiger partial charge in [0.25, 0.3) is 0 Å². The largest absolute Gasteiger partial charge is 0.457 e. The normalized spacial score (nSPS) is 11.2. The number of hydrogen-bond acceptors (Lipinski definition) is 5. The maximum Gasteiger partial charge on any atom is 0.231 e. The molecule has 0 bridgehead atoms. The lowest BCUT2D eigenvalue weighted by atomic mass is 9.92. The summed E-state index contributed by atoms with van der Waals surface area (Å²) in [4.78, 5) is 16.2. The quantitative estimate of drug-likeness (QED) is 0.740. The number of ether oxygens (including phenoxy) is 1. The molecule has 0 radical (unpaired) electrons. The number of hydrogen-bond donors (Lipinski definition) is 1. The summed E-state index contributed by atoms with van der Waals surface area (Å²) < 4.78 is 10.9. The molecule has 2 aromatic heterocycles. The number of aromatic nitrogens is 2. The minimum atomic E-state index is -0.178. The second-order valence-electron chi connectivity index (χ2n) is 6.98. The fourth-order valence-electron chi connectivity index (χ4n) is 2.32. The molecule has 1 aromatic carbocycles. The van der Waals surface area contributed by atoms with Gasteiger partial charge < -0.3 is 9.26 Å². The van der Waals surface area contributed by atoms with Crippen molar-refractivity contribution < 1.29 is 14.1 Å². The number of nitrogens with zero attached hydrogens (tertiary/aromatic N) is 2. The van der Waals surface area contributed by atoms with Crippen LogP contribution in [0.25, 0.3) is 0 Å². The zero-order valence-electron chi connectivity index (χ0n) is 15.0. The zero-order chi connectivity index (χ0) is 18.6. The van der Waals surface area contributed by atoms with Crippen LogP contribution in [0.1, 0.15) is 32.0 Å². The maximum atomic E-state index is 12.3. The predicted octanol–water partition coefficient (Wildman–Crippen LogP) is 4.34. The standard InChI is InChI=1S/C20H21N3O3/c1-20(2,3)17-13-19(26-23-17)22-18(24)12-14-5-4-6-16(11-14)25-15-7-9-21-10-8-15/h4-11,13H,12H2,1-3H3,(H,22,24). The summed E-state index contributed by atoms with van der Waals surface area (Å²) in [7, 11) is 0. The Morgan fingerprint density at radius 2 is 1.88 bits per heavy atom. The predicted molar refractivity (Wildman–Crippen MR) is 98.3 cm³/mol. The van der Waals surface area contributed by atoms with Gasteiger partial charge in [-0.3, -0.25) is 15.1 Å². The summed E-state index contributed by atoms with van der Waals surface area (Å²) in [6, 6.07) is 12.7. The summed E-state index contributed by atoms with van der Waals surface area (Å²) in [6.07, 6.45) is 3.53. The molecule has 1 amide bonds. The first kappa shape index (κ1) is 17.7. The third kappa shape index (κ3) is 4.69. The van der Waals surface area contributed by atoms with Crippen molar-refractivity contribution in [3.8, 4) is 11.5 Å². The van der Waals surface area contributed by atoms with Crippen molar-refractivity contribution in [3.63, 3.8) is 0 Å². The monoisotopic (exact) mass is 351 g/mol. The third-order valence-electron chi connectivity index (χ3n) is 3.69. The van der Waals surface area contributed by atoms with Crippen LogP contribution in [0.3, 0.4) is 0 Å². The van der Waals surface area contributed by atoms with E-state index in [1.54, 1.807) is 30.6 Å². The van der Waals surface area contributed by atoms with E-state index in [-0.39, 0.29) is 17.7 Å². The molecule has 0 saturated heterocycles. The summed E-state index contributed by atoms with van der Waals surface area (Å²) >= 11 is 0. The van der Waals surface area contributed by atoms with Gasteiger partial charge in [-0.2, -0.15) is 0 Å². The van der Waals surface area contributed by atoms with Crippen molar-refractivity contribution >= 4 is 11.8 Å². The number of carbonyl (C=O) groups is 1. The van der Waals surface area contributed by atoms with Crippen LogP contribution in [0.15, 0.2) is 59.4 Å². The summed E-state index contributed by atoms with van der Waals surface area (Å²) in [6.45, 7) is 6.10. The first-order valence-electron chi connectivity index (χ1n) is 8.34. The van der Waals surface area contributed by atoms with Crippen molar-refractivity contribution in [1.29, 1.82) is 0 Å². The fourth-order valence-corrected chi connectivity index (χ4v) is 2.32. The molecule has 26 heavy (non-hydrogen) atoms. The fraction of sp³-hybridized carbons (Fsp3) is 0.250. The number of rotatable bonds is 5. The Morgan fingerprint density at radius 1 is 1.12 bits per heavy atom. The molecular formula is C20H21N3O3. The van der Waals surface area contributed by atoms with Gasteiger partial charge in [0.2, 0.25) is 11.8 Å². The average Bonchev–Trinajstić information content (AvgIpc) is 3.05. The van der Waals surface area contributed by atoms with Crippen molar-refractivity contribution in [2.75, 3.05) is 5.32 Å². The number of anilines is 1. The van der Waals surface area contributed by atoms with Gasteiger partial charge in [0.05, 0.1) is 12.1 Å². The molecule has 2 heterocycles. The minimum absolute atomic E-state index is 0.134. The van der Waals surface area contributed by atoms with Gasteiger partial charge in [0, 0.05) is 23.9 Å². The summed E-state index contributed by atoms with van der Waals surface area (Å²) in [5.74, 6) is 1.53. The Morgan fingerprint density at radius 3 is 2.58 bits per heavy atom. The Hall–Kier alpha value is -3.15. The van der Waals surface area contributed by atoms with Crippen LogP contribution < -0.4 is 10.1 Å². The minimum Gasteiger partial charge on any atom is -0.457 e. The van der Waals surface area contributed by atoms with Crippen LogP contribution in [0.4, 0.5) is 5.88 Å². The molecule has 0 aliphatic heterocycles. The van der Waals surface area contributed by atoms with Gasteiger partial charge in [0.15, 0.2) is 0 Å². The SMILES string of the molecule is CC(C)(C)c1cc(NC(=O)Cc2cccc(Oc3ccncc3)c2)on1. The van der Waals surface area contributed by atoms with Crippen LogP contribution in [0.5, 0.6) is 11.5 Å².